The number of rotatable bonds is 60. The van der Waals surface area contributed by atoms with E-state index in [9.17, 15) is 14.4 Å². The molecule has 0 aromatic rings. The molecule has 1 atom stereocenters. The molecule has 0 aliphatic rings. The summed E-state index contributed by atoms with van der Waals surface area (Å²) in [6.07, 6.45) is 73.3. The SMILES string of the molecule is CCCCCCC/C=C\CCCCCCCC(=O)OCC(COC(=O)CCCCCCCCCCC/C=C\CCCCCCCCCC)OC(=O)CCCCCCCCCCCCCCCCCCCCC. The number of ether oxygens (including phenoxy) is 3. The lowest BCUT2D eigenvalue weighted by Crippen LogP contribution is -2.30. The minimum Gasteiger partial charge on any atom is -0.462 e. The highest BCUT2D eigenvalue weighted by atomic mass is 16.6. The Hall–Kier alpha value is -2.11. The monoisotopic (exact) mass is 1010 g/mol. The summed E-state index contributed by atoms with van der Waals surface area (Å²) in [5, 5.41) is 0. The van der Waals surface area contributed by atoms with E-state index in [0.717, 1.165) is 64.2 Å². The van der Waals surface area contributed by atoms with Gasteiger partial charge in [-0.1, -0.05) is 295 Å². The fraction of sp³-hybridized carbons (Fsp3) is 0.894. The standard InChI is InChI=1S/C66H124O6/c1-4-7-10-13-16-19-22-25-28-30-32-33-35-36-38-41-44-47-50-53-56-59-65(68)71-62-63(61-70-64(67)58-55-52-49-46-43-40-27-24-21-18-15-12-9-6-3)72-66(69)60-57-54-51-48-45-42-39-37-34-31-29-26-23-20-17-14-11-8-5-2/h24,27,30,32,63H,4-23,25-26,28-29,31,33-62H2,1-3H3/b27-24-,32-30-. The van der Waals surface area contributed by atoms with Gasteiger partial charge in [-0.3, -0.25) is 14.4 Å². The smallest absolute Gasteiger partial charge is 0.306 e. The molecular formula is C66H124O6. The number of allylic oxidation sites excluding steroid dienone is 4. The molecule has 0 aliphatic carbocycles. The summed E-state index contributed by atoms with van der Waals surface area (Å²) >= 11 is 0. The van der Waals surface area contributed by atoms with Crippen LogP contribution in [0.15, 0.2) is 24.3 Å². The molecule has 72 heavy (non-hydrogen) atoms. The zero-order valence-electron chi connectivity index (χ0n) is 48.7. The average Bonchev–Trinajstić information content (AvgIpc) is 3.38. The maximum Gasteiger partial charge on any atom is 0.306 e. The van der Waals surface area contributed by atoms with E-state index >= 15 is 0 Å². The summed E-state index contributed by atoms with van der Waals surface area (Å²) < 4.78 is 16.9. The van der Waals surface area contributed by atoms with Crippen LogP contribution in [0.4, 0.5) is 0 Å². The van der Waals surface area contributed by atoms with Crippen molar-refractivity contribution in [1.82, 2.24) is 0 Å². The van der Waals surface area contributed by atoms with Crippen LogP contribution in [0.3, 0.4) is 0 Å². The van der Waals surface area contributed by atoms with Crippen molar-refractivity contribution in [1.29, 1.82) is 0 Å². The van der Waals surface area contributed by atoms with Crippen LogP contribution >= 0.6 is 0 Å². The second kappa shape index (κ2) is 61.4. The zero-order chi connectivity index (χ0) is 52.2. The average molecular weight is 1010 g/mol. The van der Waals surface area contributed by atoms with Crippen LogP contribution in [0, 0.1) is 0 Å². The Labute approximate surface area is 449 Å². The number of unbranched alkanes of at least 4 members (excludes halogenated alkanes) is 45. The Bertz CT molecular complexity index is 1160. The number of hydrogen-bond acceptors (Lipinski definition) is 6. The first kappa shape index (κ1) is 69.9. The molecule has 0 aliphatic heterocycles. The van der Waals surface area contributed by atoms with Gasteiger partial charge in [-0.2, -0.15) is 0 Å². The maximum absolute atomic E-state index is 12.9. The molecule has 6 heteroatoms. The molecule has 0 rings (SSSR count). The van der Waals surface area contributed by atoms with Gasteiger partial charge in [-0.15, -0.1) is 0 Å². The fourth-order valence-corrected chi connectivity index (χ4v) is 9.79. The summed E-state index contributed by atoms with van der Waals surface area (Å²) in [7, 11) is 0. The maximum atomic E-state index is 12.9. The Morgan fingerprint density at radius 1 is 0.264 bits per heavy atom. The molecule has 0 amide bonds. The van der Waals surface area contributed by atoms with E-state index in [2.05, 4.69) is 45.1 Å². The van der Waals surface area contributed by atoms with Crippen LogP contribution in [0.1, 0.15) is 361 Å². The fourth-order valence-electron chi connectivity index (χ4n) is 9.79. The summed E-state index contributed by atoms with van der Waals surface area (Å²) in [5.74, 6) is -0.854. The molecule has 0 saturated heterocycles. The highest BCUT2D eigenvalue weighted by Gasteiger charge is 2.19. The summed E-state index contributed by atoms with van der Waals surface area (Å²) in [4.78, 5) is 38.3. The van der Waals surface area contributed by atoms with Crippen molar-refractivity contribution in [3.63, 3.8) is 0 Å². The molecule has 0 spiro atoms. The third-order valence-corrected chi connectivity index (χ3v) is 14.7. The Balaban J connectivity index is 4.29. The Morgan fingerprint density at radius 2 is 0.458 bits per heavy atom. The molecule has 0 bridgehead atoms. The number of carbonyl (C=O) groups excluding carboxylic acids is 3. The number of hydrogen-bond donors (Lipinski definition) is 0. The van der Waals surface area contributed by atoms with Gasteiger partial charge in [-0.05, 0) is 70.6 Å². The van der Waals surface area contributed by atoms with Gasteiger partial charge < -0.3 is 14.2 Å². The molecule has 0 aromatic heterocycles. The van der Waals surface area contributed by atoms with Gasteiger partial charge in [0.2, 0.25) is 0 Å². The van der Waals surface area contributed by atoms with Gasteiger partial charge in [0.15, 0.2) is 6.10 Å². The highest BCUT2D eigenvalue weighted by Crippen LogP contribution is 2.18. The van der Waals surface area contributed by atoms with Gasteiger partial charge in [0.1, 0.15) is 13.2 Å². The van der Waals surface area contributed by atoms with Gasteiger partial charge in [0, 0.05) is 19.3 Å². The highest BCUT2D eigenvalue weighted by molar-refractivity contribution is 5.71. The minimum absolute atomic E-state index is 0.0700. The molecule has 6 nitrogen and oxygen atoms in total. The summed E-state index contributed by atoms with van der Waals surface area (Å²) in [6, 6.07) is 0. The molecule has 0 aromatic carbocycles. The summed E-state index contributed by atoms with van der Waals surface area (Å²) in [6.45, 7) is 6.69. The van der Waals surface area contributed by atoms with E-state index in [1.807, 2.05) is 0 Å². The zero-order valence-corrected chi connectivity index (χ0v) is 48.7. The van der Waals surface area contributed by atoms with E-state index in [-0.39, 0.29) is 31.1 Å². The topological polar surface area (TPSA) is 78.9 Å². The third kappa shape index (κ3) is 58.8. The molecule has 1 unspecified atom stereocenters. The lowest BCUT2D eigenvalue weighted by Gasteiger charge is -2.18. The third-order valence-electron chi connectivity index (χ3n) is 14.7. The molecule has 0 fully saturated rings. The number of carbonyl (C=O) groups is 3. The molecule has 424 valence electrons. The van der Waals surface area contributed by atoms with Crippen LogP contribution in [-0.2, 0) is 28.6 Å². The summed E-state index contributed by atoms with van der Waals surface area (Å²) in [5.41, 5.74) is 0. The molecule has 0 heterocycles. The number of esters is 3. The lowest BCUT2D eigenvalue weighted by atomic mass is 10.0. The normalized spacial score (nSPS) is 12.1. The lowest BCUT2D eigenvalue weighted by molar-refractivity contribution is -0.167. The van der Waals surface area contributed by atoms with Crippen LogP contribution in [-0.4, -0.2) is 37.2 Å². The van der Waals surface area contributed by atoms with Gasteiger partial charge in [-0.25, -0.2) is 0 Å². The van der Waals surface area contributed by atoms with Crippen LogP contribution in [0.25, 0.3) is 0 Å². The van der Waals surface area contributed by atoms with Crippen molar-refractivity contribution in [2.24, 2.45) is 0 Å². The first-order valence-electron chi connectivity index (χ1n) is 32.3. The molecular weight excluding hydrogens is 889 g/mol. The van der Waals surface area contributed by atoms with Crippen molar-refractivity contribution in [3.8, 4) is 0 Å². The van der Waals surface area contributed by atoms with Crippen molar-refractivity contribution < 1.29 is 28.6 Å². The van der Waals surface area contributed by atoms with Crippen LogP contribution < -0.4 is 0 Å². The van der Waals surface area contributed by atoms with Gasteiger partial charge in [0.05, 0.1) is 0 Å². The molecule has 0 saturated carbocycles. The molecule has 0 radical (unpaired) electrons. The molecule has 0 N–H and O–H groups in total. The van der Waals surface area contributed by atoms with Crippen LogP contribution in [0.5, 0.6) is 0 Å². The van der Waals surface area contributed by atoms with E-state index < -0.39 is 6.10 Å². The Kier molecular flexibility index (Phi) is 59.6. The van der Waals surface area contributed by atoms with Crippen LogP contribution in [0.2, 0.25) is 0 Å². The first-order chi connectivity index (χ1) is 35.5. The van der Waals surface area contributed by atoms with E-state index in [4.69, 9.17) is 14.2 Å². The Morgan fingerprint density at radius 3 is 0.694 bits per heavy atom. The minimum atomic E-state index is -0.772. The van der Waals surface area contributed by atoms with Gasteiger partial charge in [0.25, 0.3) is 0 Å². The van der Waals surface area contributed by atoms with E-state index in [0.29, 0.717) is 19.3 Å². The second-order valence-electron chi connectivity index (χ2n) is 22.0. The van der Waals surface area contributed by atoms with Crippen molar-refractivity contribution in [3.05, 3.63) is 24.3 Å². The quantitative estimate of drug-likeness (QED) is 0.0261. The predicted molar refractivity (Wildman–Crippen MR) is 312 cm³/mol. The first-order valence-corrected chi connectivity index (χ1v) is 32.3. The van der Waals surface area contributed by atoms with E-state index in [1.165, 1.54) is 257 Å². The van der Waals surface area contributed by atoms with E-state index in [1.54, 1.807) is 0 Å². The predicted octanol–water partition coefficient (Wildman–Crippen LogP) is 21.8. The van der Waals surface area contributed by atoms with Crippen molar-refractivity contribution >= 4 is 17.9 Å². The van der Waals surface area contributed by atoms with Gasteiger partial charge >= 0.3 is 17.9 Å². The second-order valence-corrected chi connectivity index (χ2v) is 22.0. The van der Waals surface area contributed by atoms with Crippen molar-refractivity contribution in [2.45, 2.75) is 367 Å². The van der Waals surface area contributed by atoms with Crippen molar-refractivity contribution in [2.75, 3.05) is 13.2 Å². The largest absolute Gasteiger partial charge is 0.462 e.